The lowest BCUT2D eigenvalue weighted by Crippen LogP contribution is -2.41. The first kappa shape index (κ1) is 25.4. The van der Waals surface area contributed by atoms with Crippen molar-refractivity contribution in [3.8, 4) is 0 Å². The van der Waals surface area contributed by atoms with E-state index >= 15 is 0 Å². The maximum absolute atomic E-state index is 13.9. The summed E-state index contributed by atoms with van der Waals surface area (Å²) in [4.78, 5) is 42.4. The number of benzene rings is 2. The molecule has 37 heavy (non-hydrogen) atoms. The number of carbonyl (C=O) groups is 3. The molecule has 0 spiro atoms. The molecule has 194 valence electrons. The molecule has 2 fully saturated rings. The number of ether oxygens (including phenoxy) is 2. The SMILES string of the molecule is O=C(NCC1CCCO1)C(C(=O)NCC1CCCO1)=C1C(=O)N(Cc2ccccc2Cl)c2ccccc21. The van der Waals surface area contributed by atoms with Crippen molar-refractivity contribution in [3.63, 3.8) is 0 Å². The quantitative estimate of drug-likeness (QED) is 0.314. The normalized spacial score (nSPS) is 20.7. The second-order valence-corrected chi connectivity index (χ2v) is 9.85. The van der Waals surface area contributed by atoms with Gasteiger partial charge in [0.2, 0.25) is 0 Å². The zero-order valence-corrected chi connectivity index (χ0v) is 21.3. The first-order valence-electron chi connectivity index (χ1n) is 12.7. The maximum Gasteiger partial charge on any atom is 0.260 e. The fourth-order valence-corrected chi connectivity index (χ4v) is 5.20. The molecular formula is C28H30ClN3O5. The van der Waals surface area contributed by atoms with Crippen molar-refractivity contribution < 1.29 is 23.9 Å². The summed E-state index contributed by atoms with van der Waals surface area (Å²) in [6.45, 7) is 2.06. The smallest absolute Gasteiger partial charge is 0.260 e. The minimum atomic E-state index is -0.599. The number of para-hydroxylation sites is 1. The third kappa shape index (κ3) is 5.56. The van der Waals surface area contributed by atoms with Crippen molar-refractivity contribution in [3.05, 3.63) is 70.3 Å². The van der Waals surface area contributed by atoms with E-state index in [1.807, 2.05) is 30.3 Å². The van der Waals surface area contributed by atoms with E-state index in [1.54, 1.807) is 23.1 Å². The van der Waals surface area contributed by atoms with Crippen LogP contribution in [0.4, 0.5) is 5.69 Å². The highest BCUT2D eigenvalue weighted by Gasteiger charge is 2.39. The van der Waals surface area contributed by atoms with Crippen LogP contribution in [-0.2, 0) is 30.4 Å². The predicted octanol–water partition coefficient (Wildman–Crippen LogP) is 3.23. The summed E-state index contributed by atoms with van der Waals surface area (Å²) in [5, 5.41) is 6.20. The van der Waals surface area contributed by atoms with Crippen molar-refractivity contribution in [1.29, 1.82) is 0 Å². The summed E-state index contributed by atoms with van der Waals surface area (Å²) < 4.78 is 11.2. The fraction of sp³-hybridized carbons (Fsp3) is 0.393. The van der Waals surface area contributed by atoms with Gasteiger partial charge in [-0.3, -0.25) is 14.4 Å². The molecule has 3 aliphatic heterocycles. The molecule has 2 atom stereocenters. The van der Waals surface area contributed by atoms with E-state index in [1.165, 1.54) is 0 Å². The highest BCUT2D eigenvalue weighted by Crippen LogP contribution is 2.40. The summed E-state index contributed by atoms with van der Waals surface area (Å²) in [5.41, 5.74) is 1.81. The molecule has 2 N–H and O–H groups in total. The second-order valence-electron chi connectivity index (χ2n) is 9.44. The summed E-state index contributed by atoms with van der Waals surface area (Å²) >= 11 is 6.38. The van der Waals surface area contributed by atoms with Gasteiger partial charge in [-0.15, -0.1) is 0 Å². The van der Waals surface area contributed by atoms with Crippen molar-refractivity contribution in [2.24, 2.45) is 0 Å². The number of anilines is 1. The first-order valence-corrected chi connectivity index (χ1v) is 13.1. The van der Waals surface area contributed by atoms with Crippen molar-refractivity contribution >= 4 is 40.6 Å². The lowest BCUT2D eigenvalue weighted by Gasteiger charge is -2.18. The third-order valence-corrected chi connectivity index (χ3v) is 7.31. The number of rotatable bonds is 8. The Kier molecular flexibility index (Phi) is 7.88. The average Bonchev–Trinajstić information content (AvgIpc) is 3.67. The molecular weight excluding hydrogens is 494 g/mol. The molecule has 0 saturated carbocycles. The second kappa shape index (κ2) is 11.5. The Morgan fingerprint density at radius 1 is 0.892 bits per heavy atom. The highest BCUT2D eigenvalue weighted by molar-refractivity contribution is 6.42. The zero-order valence-electron chi connectivity index (χ0n) is 20.5. The zero-order chi connectivity index (χ0) is 25.8. The van der Waals surface area contributed by atoms with Crippen LogP contribution in [0.1, 0.15) is 36.8 Å². The number of fused-ring (bicyclic) bond motifs is 1. The molecule has 3 amide bonds. The monoisotopic (exact) mass is 523 g/mol. The summed E-state index contributed by atoms with van der Waals surface area (Å²) in [6.07, 6.45) is 3.33. The number of amides is 3. The number of nitrogens with zero attached hydrogens (tertiary/aromatic N) is 1. The minimum Gasteiger partial charge on any atom is -0.376 e. The molecule has 5 rings (SSSR count). The number of hydrogen-bond donors (Lipinski definition) is 2. The summed E-state index contributed by atoms with van der Waals surface area (Å²) in [5.74, 6) is -1.62. The van der Waals surface area contributed by atoms with Gasteiger partial charge in [-0.25, -0.2) is 0 Å². The molecule has 0 aromatic heterocycles. The van der Waals surface area contributed by atoms with E-state index in [-0.39, 0.29) is 43.0 Å². The summed E-state index contributed by atoms with van der Waals surface area (Å²) in [7, 11) is 0. The highest BCUT2D eigenvalue weighted by atomic mass is 35.5. The van der Waals surface area contributed by atoms with Gasteiger partial charge in [-0.05, 0) is 43.4 Å². The Balaban J connectivity index is 1.49. The Hall–Kier alpha value is -3.20. The van der Waals surface area contributed by atoms with Gasteiger partial charge in [0.1, 0.15) is 5.57 Å². The molecule has 0 radical (unpaired) electrons. The number of carbonyl (C=O) groups excluding carboxylic acids is 3. The third-order valence-electron chi connectivity index (χ3n) is 6.94. The van der Waals surface area contributed by atoms with Gasteiger partial charge in [-0.2, -0.15) is 0 Å². The molecule has 3 aliphatic rings. The van der Waals surface area contributed by atoms with Gasteiger partial charge in [0, 0.05) is 36.9 Å². The van der Waals surface area contributed by atoms with Crippen LogP contribution in [0.25, 0.3) is 5.57 Å². The van der Waals surface area contributed by atoms with Crippen LogP contribution in [0.3, 0.4) is 0 Å². The van der Waals surface area contributed by atoms with Crippen LogP contribution in [0.2, 0.25) is 5.02 Å². The van der Waals surface area contributed by atoms with E-state index in [4.69, 9.17) is 21.1 Å². The summed E-state index contributed by atoms with van der Waals surface area (Å²) in [6, 6.07) is 14.5. The van der Waals surface area contributed by atoms with Gasteiger partial charge in [-0.1, -0.05) is 48.0 Å². The van der Waals surface area contributed by atoms with E-state index in [0.717, 1.165) is 31.2 Å². The fourth-order valence-electron chi connectivity index (χ4n) is 5.01. The van der Waals surface area contributed by atoms with Gasteiger partial charge in [0.25, 0.3) is 17.7 Å². The number of hydrogen-bond acceptors (Lipinski definition) is 5. The molecule has 2 aromatic rings. The standard InChI is InChI=1S/C28H30ClN3O5/c29-22-11-3-1-7-18(22)17-32-23-12-4-2-10-21(23)24(28(32)35)25(26(33)30-15-19-8-5-13-36-19)27(34)31-16-20-9-6-14-37-20/h1-4,7,10-12,19-20H,5-6,8-9,13-17H2,(H,30,33)(H,31,34). The predicted molar refractivity (Wildman–Crippen MR) is 140 cm³/mol. The van der Waals surface area contributed by atoms with Gasteiger partial charge in [0.15, 0.2) is 0 Å². The number of halogens is 1. The molecule has 8 nitrogen and oxygen atoms in total. The van der Waals surface area contributed by atoms with Crippen LogP contribution >= 0.6 is 11.6 Å². The molecule has 0 bridgehead atoms. The molecule has 2 saturated heterocycles. The van der Waals surface area contributed by atoms with Crippen LogP contribution in [-0.4, -0.2) is 56.2 Å². The van der Waals surface area contributed by atoms with Crippen LogP contribution in [0, 0.1) is 0 Å². The molecule has 3 heterocycles. The topological polar surface area (TPSA) is 97.0 Å². The minimum absolute atomic E-state index is 0.0809. The van der Waals surface area contributed by atoms with E-state index < -0.39 is 17.7 Å². The lowest BCUT2D eigenvalue weighted by molar-refractivity contribution is -0.124. The molecule has 9 heteroatoms. The van der Waals surface area contributed by atoms with E-state index in [9.17, 15) is 14.4 Å². The largest absolute Gasteiger partial charge is 0.376 e. The van der Waals surface area contributed by atoms with E-state index in [2.05, 4.69) is 10.6 Å². The Morgan fingerprint density at radius 3 is 2.08 bits per heavy atom. The maximum atomic E-state index is 13.9. The van der Waals surface area contributed by atoms with Crippen molar-refractivity contribution in [2.45, 2.75) is 44.4 Å². The van der Waals surface area contributed by atoms with Gasteiger partial charge >= 0.3 is 0 Å². The molecule has 2 unspecified atom stereocenters. The van der Waals surface area contributed by atoms with E-state index in [0.29, 0.717) is 29.5 Å². The number of nitrogens with one attached hydrogen (secondary N) is 2. The lowest BCUT2D eigenvalue weighted by atomic mass is 9.99. The Bertz CT molecular complexity index is 1180. The van der Waals surface area contributed by atoms with Crippen molar-refractivity contribution in [2.75, 3.05) is 31.2 Å². The van der Waals surface area contributed by atoms with Crippen LogP contribution in [0.5, 0.6) is 0 Å². The van der Waals surface area contributed by atoms with Gasteiger partial charge in [0.05, 0.1) is 30.0 Å². The van der Waals surface area contributed by atoms with Crippen molar-refractivity contribution in [1.82, 2.24) is 10.6 Å². The Labute approximate surface area is 220 Å². The van der Waals surface area contributed by atoms with Gasteiger partial charge < -0.3 is 25.0 Å². The van der Waals surface area contributed by atoms with Crippen LogP contribution < -0.4 is 15.5 Å². The molecule has 0 aliphatic carbocycles. The molecule has 2 aromatic carbocycles. The average molecular weight is 524 g/mol. The Morgan fingerprint density at radius 2 is 1.49 bits per heavy atom. The van der Waals surface area contributed by atoms with Crippen LogP contribution in [0.15, 0.2) is 54.1 Å². The first-order chi connectivity index (χ1) is 18.0.